The second-order valence-electron chi connectivity index (χ2n) is 4.52. The van der Waals surface area contributed by atoms with Crippen LogP contribution < -0.4 is 4.74 Å². The topological polar surface area (TPSA) is 47.3 Å². The van der Waals surface area contributed by atoms with Gasteiger partial charge in [0, 0.05) is 25.2 Å². The third-order valence-electron chi connectivity index (χ3n) is 2.81. The molecule has 0 aliphatic carbocycles. The predicted molar refractivity (Wildman–Crippen MR) is 77.3 cm³/mol. The first-order valence-electron chi connectivity index (χ1n) is 6.51. The average molecular weight is 270 g/mol. The van der Waals surface area contributed by atoms with Gasteiger partial charge in [-0.05, 0) is 36.8 Å². The number of hydrogen-bond donors (Lipinski definition) is 1. The van der Waals surface area contributed by atoms with E-state index >= 15 is 0 Å². The molecule has 20 heavy (non-hydrogen) atoms. The Kier molecular flexibility index (Phi) is 4.80. The average Bonchev–Trinajstić information content (AvgIpc) is 2.85. The molecule has 4 heteroatoms. The highest BCUT2D eigenvalue weighted by Crippen LogP contribution is 2.17. The van der Waals surface area contributed by atoms with E-state index in [0.717, 1.165) is 22.6 Å². The second kappa shape index (κ2) is 6.78. The summed E-state index contributed by atoms with van der Waals surface area (Å²) in [5.41, 5.74) is 2.93. The molecule has 4 nitrogen and oxygen atoms in total. The second-order valence-corrected chi connectivity index (χ2v) is 4.52. The molecule has 2 rings (SSSR count). The van der Waals surface area contributed by atoms with E-state index in [4.69, 9.17) is 9.84 Å². The molecular weight excluding hydrogens is 252 g/mol. The van der Waals surface area contributed by atoms with Crippen LogP contribution in [0.1, 0.15) is 23.2 Å². The number of nitrogens with zero attached hydrogens (tertiary/aromatic N) is 2. The molecule has 2 aromatic rings. The summed E-state index contributed by atoms with van der Waals surface area (Å²) in [6.07, 6.45) is 2.39. The Bertz CT molecular complexity index is 635. The molecule has 0 fully saturated rings. The quantitative estimate of drug-likeness (QED) is 0.865. The monoisotopic (exact) mass is 270 g/mol. The number of ether oxygens (including phenoxy) is 1. The molecule has 1 heterocycles. The number of aryl methyl sites for hydroxylation is 2. The molecule has 0 spiro atoms. The molecule has 0 atom stereocenters. The first-order chi connectivity index (χ1) is 9.69. The summed E-state index contributed by atoms with van der Waals surface area (Å²) in [5.74, 6) is 6.76. The summed E-state index contributed by atoms with van der Waals surface area (Å²) in [5, 5.41) is 13.0. The summed E-state index contributed by atoms with van der Waals surface area (Å²) in [6, 6.07) is 7.74. The highest BCUT2D eigenvalue weighted by Gasteiger charge is 2.01. The van der Waals surface area contributed by atoms with Crippen molar-refractivity contribution in [2.75, 3.05) is 6.61 Å². The van der Waals surface area contributed by atoms with Gasteiger partial charge < -0.3 is 9.84 Å². The zero-order valence-corrected chi connectivity index (χ0v) is 11.8. The predicted octanol–water partition coefficient (Wildman–Crippen LogP) is 2.04. The molecule has 0 aliphatic heterocycles. The van der Waals surface area contributed by atoms with Gasteiger partial charge in [-0.3, -0.25) is 4.68 Å². The Balaban J connectivity index is 2.00. The molecule has 0 saturated carbocycles. The number of aliphatic hydroxyl groups is 1. The van der Waals surface area contributed by atoms with Gasteiger partial charge in [0.15, 0.2) is 0 Å². The molecule has 104 valence electrons. The van der Waals surface area contributed by atoms with Crippen LogP contribution in [0.5, 0.6) is 5.75 Å². The molecule has 0 saturated heterocycles. The zero-order valence-electron chi connectivity index (χ0n) is 11.8. The maximum Gasteiger partial charge on any atom is 0.132 e. The van der Waals surface area contributed by atoms with E-state index in [1.807, 2.05) is 44.4 Å². The Morgan fingerprint density at radius 2 is 2.20 bits per heavy atom. The van der Waals surface area contributed by atoms with Crippen molar-refractivity contribution in [2.24, 2.45) is 7.05 Å². The Labute approximate surface area is 119 Å². The summed E-state index contributed by atoms with van der Waals surface area (Å²) in [7, 11) is 1.88. The van der Waals surface area contributed by atoms with E-state index in [-0.39, 0.29) is 6.61 Å². The molecule has 0 bridgehead atoms. The van der Waals surface area contributed by atoms with Crippen LogP contribution in [0, 0.1) is 18.8 Å². The van der Waals surface area contributed by atoms with Gasteiger partial charge in [-0.1, -0.05) is 11.8 Å². The lowest BCUT2D eigenvalue weighted by atomic mass is 10.1. The van der Waals surface area contributed by atoms with Gasteiger partial charge in [-0.15, -0.1) is 0 Å². The van der Waals surface area contributed by atoms with Gasteiger partial charge in [0.05, 0.1) is 12.3 Å². The van der Waals surface area contributed by atoms with Crippen molar-refractivity contribution < 1.29 is 9.84 Å². The summed E-state index contributed by atoms with van der Waals surface area (Å²) in [4.78, 5) is 0. The number of aromatic nitrogens is 2. The lowest BCUT2D eigenvalue weighted by molar-refractivity contribution is 0.300. The molecule has 0 radical (unpaired) electrons. The van der Waals surface area contributed by atoms with E-state index in [9.17, 15) is 0 Å². The lowest BCUT2D eigenvalue weighted by Crippen LogP contribution is -1.98. The highest BCUT2D eigenvalue weighted by molar-refractivity contribution is 5.44. The zero-order chi connectivity index (χ0) is 14.4. The van der Waals surface area contributed by atoms with Crippen molar-refractivity contribution >= 4 is 0 Å². The van der Waals surface area contributed by atoms with E-state index in [2.05, 4.69) is 16.9 Å². The SMILES string of the molecule is Cc1cc(OCc2ccn(C)n2)ccc1C#CCCO. The van der Waals surface area contributed by atoms with Crippen molar-refractivity contribution in [2.45, 2.75) is 20.0 Å². The first-order valence-corrected chi connectivity index (χ1v) is 6.51. The van der Waals surface area contributed by atoms with Crippen LogP contribution in [-0.2, 0) is 13.7 Å². The molecule has 1 aromatic heterocycles. The van der Waals surface area contributed by atoms with Crippen molar-refractivity contribution in [3.8, 4) is 17.6 Å². The third-order valence-corrected chi connectivity index (χ3v) is 2.81. The van der Waals surface area contributed by atoms with Crippen LogP contribution >= 0.6 is 0 Å². The minimum Gasteiger partial charge on any atom is -0.487 e. The lowest BCUT2D eigenvalue weighted by Gasteiger charge is -2.06. The number of hydrogen-bond acceptors (Lipinski definition) is 3. The van der Waals surface area contributed by atoms with E-state index < -0.39 is 0 Å². The van der Waals surface area contributed by atoms with Crippen LogP contribution in [0.25, 0.3) is 0 Å². The van der Waals surface area contributed by atoms with Crippen molar-refractivity contribution in [1.82, 2.24) is 9.78 Å². The Morgan fingerprint density at radius 3 is 2.85 bits per heavy atom. The van der Waals surface area contributed by atoms with Gasteiger partial charge in [-0.2, -0.15) is 5.10 Å². The summed E-state index contributed by atoms with van der Waals surface area (Å²) < 4.78 is 7.46. The number of rotatable bonds is 4. The number of benzene rings is 1. The largest absolute Gasteiger partial charge is 0.487 e. The van der Waals surface area contributed by atoms with Crippen LogP contribution in [0.4, 0.5) is 0 Å². The normalized spacial score (nSPS) is 9.95. The van der Waals surface area contributed by atoms with Gasteiger partial charge in [0.1, 0.15) is 12.4 Å². The van der Waals surface area contributed by atoms with Gasteiger partial charge >= 0.3 is 0 Å². The van der Waals surface area contributed by atoms with Crippen LogP contribution in [0.3, 0.4) is 0 Å². The molecule has 0 unspecified atom stereocenters. The fourth-order valence-electron chi connectivity index (χ4n) is 1.78. The van der Waals surface area contributed by atoms with Crippen LogP contribution in [0.15, 0.2) is 30.5 Å². The summed E-state index contributed by atoms with van der Waals surface area (Å²) >= 11 is 0. The van der Waals surface area contributed by atoms with Crippen LogP contribution in [-0.4, -0.2) is 21.5 Å². The molecule has 0 amide bonds. The van der Waals surface area contributed by atoms with Gasteiger partial charge in [0.25, 0.3) is 0 Å². The van der Waals surface area contributed by atoms with Crippen LogP contribution in [0.2, 0.25) is 0 Å². The number of aliphatic hydroxyl groups excluding tert-OH is 1. The third kappa shape index (κ3) is 3.87. The van der Waals surface area contributed by atoms with Gasteiger partial charge in [0.2, 0.25) is 0 Å². The molecule has 1 N–H and O–H groups in total. The van der Waals surface area contributed by atoms with Crippen molar-refractivity contribution in [1.29, 1.82) is 0 Å². The van der Waals surface area contributed by atoms with Gasteiger partial charge in [-0.25, -0.2) is 0 Å². The highest BCUT2D eigenvalue weighted by atomic mass is 16.5. The van der Waals surface area contributed by atoms with E-state index in [0.29, 0.717) is 13.0 Å². The maximum absolute atomic E-state index is 8.71. The fourth-order valence-corrected chi connectivity index (χ4v) is 1.78. The smallest absolute Gasteiger partial charge is 0.132 e. The maximum atomic E-state index is 8.71. The minimum absolute atomic E-state index is 0.0946. The minimum atomic E-state index is 0.0946. The molecule has 0 aliphatic rings. The summed E-state index contributed by atoms with van der Waals surface area (Å²) in [6.45, 7) is 2.55. The fraction of sp³-hybridized carbons (Fsp3) is 0.312. The van der Waals surface area contributed by atoms with Crippen molar-refractivity contribution in [3.05, 3.63) is 47.3 Å². The Hall–Kier alpha value is -2.25. The van der Waals surface area contributed by atoms with E-state index in [1.165, 1.54) is 0 Å². The Morgan fingerprint density at radius 1 is 1.35 bits per heavy atom. The first kappa shape index (κ1) is 14.2. The standard InChI is InChI=1S/C16H18N2O2/c1-13-11-16(7-6-14(13)5-3-4-10-19)20-12-15-8-9-18(2)17-15/h6-9,11,19H,4,10,12H2,1-2H3. The molecular formula is C16H18N2O2. The van der Waals surface area contributed by atoms with E-state index in [1.54, 1.807) is 4.68 Å². The van der Waals surface area contributed by atoms with Crippen molar-refractivity contribution in [3.63, 3.8) is 0 Å². The molecule has 1 aromatic carbocycles.